The smallest absolute Gasteiger partial charge is 0.306 e. The zero-order chi connectivity index (χ0) is 23.1. The predicted molar refractivity (Wildman–Crippen MR) is 116 cm³/mol. The summed E-state index contributed by atoms with van der Waals surface area (Å²) in [5, 5.41) is 2.61. The summed E-state index contributed by atoms with van der Waals surface area (Å²) in [5.41, 5.74) is 1.33. The Kier molecular flexibility index (Phi) is 7.59. The third-order valence-electron chi connectivity index (χ3n) is 4.79. The van der Waals surface area contributed by atoms with Gasteiger partial charge < -0.3 is 19.5 Å². The van der Waals surface area contributed by atoms with Crippen LogP contribution in [0.2, 0.25) is 0 Å². The Morgan fingerprint density at radius 1 is 0.938 bits per heavy atom. The maximum Gasteiger partial charge on any atom is 0.306 e. The molecule has 0 fully saturated rings. The Balaban J connectivity index is 1.50. The number of Topliss-reactive ketones (excluding diaryl/α,β-unsaturated/α-hetero) is 2. The summed E-state index contributed by atoms with van der Waals surface area (Å²) >= 11 is 0. The van der Waals surface area contributed by atoms with E-state index in [1.54, 1.807) is 42.5 Å². The SMILES string of the molecule is CC(=O)Nc1ccc(C(=O)[C@@H](C)OC(=O)CCC(=O)c2ccc3c(c2)OCCCO3)cc1. The third-order valence-corrected chi connectivity index (χ3v) is 4.79. The Morgan fingerprint density at radius 3 is 2.28 bits per heavy atom. The van der Waals surface area contributed by atoms with E-state index in [9.17, 15) is 19.2 Å². The van der Waals surface area contributed by atoms with Gasteiger partial charge in [0, 0.05) is 36.6 Å². The van der Waals surface area contributed by atoms with Crippen LogP contribution in [0, 0.1) is 0 Å². The molecule has 0 unspecified atom stereocenters. The number of anilines is 1. The quantitative estimate of drug-likeness (QED) is 0.495. The predicted octanol–water partition coefficient (Wildman–Crippen LogP) is 3.58. The molecule has 1 aliphatic rings. The molecule has 2 aromatic rings. The van der Waals surface area contributed by atoms with Gasteiger partial charge in [0.25, 0.3) is 0 Å². The molecule has 0 saturated heterocycles. The number of ether oxygens (including phenoxy) is 3. The van der Waals surface area contributed by atoms with Crippen molar-refractivity contribution in [3.05, 3.63) is 53.6 Å². The molecular weight excluding hydrogens is 414 g/mol. The largest absolute Gasteiger partial charge is 0.490 e. The van der Waals surface area contributed by atoms with E-state index in [0.29, 0.717) is 41.5 Å². The molecule has 0 aliphatic carbocycles. The van der Waals surface area contributed by atoms with Crippen LogP contribution >= 0.6 is 0 Å². The first kappa shape index (κ1) is 23.0. The van der Waals surface area contributed by atoms with Crippen molar-refractivity contribution < 1.29 is 33.4 Å². The number of rotatable bonds is 8. The second kappa shape index (κ2) is 10.6. The average Bonchev–Trinajstić information content (AvgIpc) is 3.02. The molecule has 0 aromatic heterocycles. The highest BCUT2D eigenvalue weighted by Gasteiger charge is 2.21. The van der Waals surface area contributed by atoms with Gasteiger partial charge in [0.05, 0.1) is 19.6 Å². The van der Waals surface area contributed by atoms with Gasteiger partial charge in [-0.05, 0) is 49.4 Å². The van der Waals surface area contributed by atoms with Gasteiger partial charge in [-0.25, -0.2) is 0 Å². The van der Waals surface area contributed by atoms with Crippen LogP contribution < -0.4 is 14.8 Å². The number of hydrogen-bond acceptors (Lipinski definition) is 7. The molecule has 0 bridgehead atoms. The first-order valence-electron chi connectivity index (χ1n) is 10.4. The van der Waals surface area contributed by atoms with Crippen molar-refractivity contribution in [3.8, 4) is 11.5 Å². The van der Waals surface area contributed by atoms with E-state index in [2.05, 4.69) is 5.32 Å². The molecule has 2 aromatic carbocycles. The van der Waals surface area contributed by atoms with Crippen molar-refractivity contribution in [1.82, 2.24) is 0 Å². The van der Waals surface area contributed by atoms with Crippen molar-refractivity contribution in [3.63, 3.8) is 0 Å². The fourth-order valence-corrected chi connectivity index (χ4v) is 3.16. The van der Waals surface area contributed by atoms with E-state index in [1.807, 2.05) is 0 Å². The summed E-state index contributed by atoms with van der Waals surface area (Å²) in [7, 11) is 0. The Hall–Kier alpha value is -3.68. The monoisotopic (exact) mass is 439 g/mol. The van der Waals surface area contributed by atoms with Gasteiger partial charge >= 0.3 is 5.97 Å². The molecule has 8 heteroatoms. The first-order valence-corrected chi connectivity index (χ1v) is 10.4. The van der Waals surface area contributed by atoms with Gasteiger partial charge in [-0.15, -0.1) is 0 Å². The summed E-state index contributed by atoms with van der Waals surface area (Å²) in [6.07, 6.45) is -0.431. The molecule has 0 spiro atoms. The Morgan fingerprint density at radius 2 is 1.59 bits per heavy atom. The van der Waals surface area contributed by atoms with Crippen LogP contribution in [0.1, 0.15) is 53.8 Å². The number of benzene rings is 2. The molecule has 32 heavy (non-hydrogen) atoms. The molecular formula is C24H25NO7. The summed E-state index contributed by atoms with van der Waals surface area (Å²) in [6, 6.07) is 11.2. The molecule has 1 heterocycles. The van der Waals surface area contributed by atoms with Crippen molar-refractivity contribution in [2.45, 2.75) is 39.2 Å². The van der Waals surface area contributed by atoms with Gasteiger partial charge in [-0.1, -0.05) is 0 Å². The Bertz CT molecular complexity index is 1010. The number of carbonyl (C=O) groups excluding carboxylic acids is 4. The minimum atomic E-state index is -0.998. The molecule has 1 amide bonds. The maximum atomic E-state index is 12.5. The standard InChI is InChI=1S/C24H25NO7/c1-15(24(29)17-4-7-19(8-5-17)25-16(2)26)32-23(28)11-9-20(27)18-6-10-21-22(14-18)31-13-3-12-30-21/h4-8,10,14-15H,3,9,11-13H2,1-2H3,(H,25,26)/t15-/m1/s1. The van der Waals surface area contributed by atoms with E-state index >= 15 is 0 Å². The molecule has 3 rings (SSSR count). The topological polar surface area (TPSA) is 108 Å². The van der Waals surface area contributed by atoms with Crippen LogP contribution in [0.4, 0.5) is 5.69 Å². The van der Waals surface area contributed by atoms with E-state index < -0.39 is 12.1 Å². The second-order valence-corrected chi connectivity index (χ2v) is 7.39. The van der Waals surface area contributed by atoms with Crippen LogP contribution in [0.25, 0.3) is 0 Å². The van der Waals surface area contributed by atoms with E-state index in [0.717, 1.165) is 6.42 Å². The number of ketones is 2. The minimum absolute atomic E-state index is 0.0508. The number of carbonyl (C=O) groups is 4. The normalized spacial score (nSPS) is 13.4. The highest BCUT2D eigenvalue weighted by molar-refractivity contribution is 6.01. The van der Waals surface area contributed by atoms with Crippen LogP contribution in [-0.2, 0) is 14.3 Å². The molecule has 1 atom stereocenters. The van der Waals surface area contributed by atoms with E-state index in [1.165, 1.54) is 13.8 Å². The van der Waals surface area contributed by atoms with Gasteiger partial charge in [-0.3, -0.25) is 19.2 Å². The van der Waals surface area contributed by atoms with Crippen molar-refractivity contribution in [1.29, 1.82) is 0 Å². The lowest BCUT2D eigenvalue weighted by atomic mass is 10.1. The third kappa shape index (κ3) is 6.16. The summed E-state index contributed by atoms with van der Waals surface area (Å²) in [4.78, 5) is 48.2. The molecule has 8 nitrogen and oxygen atoms in total. The highest BCUT2D eigenvalue weighted by Crippen LogP contribution is 2.30. The number of amides is 1. The number of fused-ring (bicyclic) bond motifs is 1. The lowest BCUT2D eigenvalue weighted by molar-refractivity contribution is -0.146. The molecule has 0 radical (unpaired) electrons. The zero-order valence-electron chi connectivity index (χ0n) is 18.0. The number of hydrogen-bond donors (Lipinski definition) is 1. The lowest BCUT2D eigenvalue weighted by Gasteiger charge is -2.13. The average molecular weight is 439 g/mol. The van der Waals surface area contributed by atoms with Gasteiger partial charge in [0.2, 0.25) is 11.7 Å². The molecule has 0 saturated carbocycles. The molecule has 168 valence electrons. The fraction of sp³-hybridized carbons (Fsp3) is 0.333. The number of esters is 1. The summed E-state index contributed by atoms with van der Waals surface area (Å²) < 4.78 is 16.3. The highest BCUT2D eigenvalue weighted by atomic mass is 16.5. The van der Waals surface area contributed by atoms with Crippen LogP contribution in [0.15, 0.2) is 42.5 Å². The van der Waals surface area contributed by atoms with Gasteiger partial charge in [0.1, 0.15) is 0 Å². The minimum Gasteiger partial charge on any atom is -0.490 e. The molecule has 1 aliphatic heterocycles. The zero-order valence-corrected chi connectivity index (χ0v) is 18.0. The molecule has 1 N–H and O–H groups in total. The van der Waals surface area contributed by atoms with Crippen molar-refractivity contribution in [2.24, 2.45) is 0 Å². The Labute approximate surface area is 185 Å². The lowest BCUT2D eigenvalue weighted by Crippen LogP contribution is -2.24. The van der Waals surface area contributed by atoms with Crippen LogP contribution in [-0.4, -0.2) is 42.8 Å². The summed E-state index contributed by atoms with van der Waals surface area (Å²) in [5.74, 6) is -0.348. The van der Waals surface area contributed by atoms with Gasteiger partial charge in [-0.2, -0.15) is 0 Å². The maximum absolute atomic E-state index is 12.5. The second-order valence-electron chi connectivity index (χ2n) is 7.39. The van der Waals surface area contributed by atoms with E-state index in [-0.39, 0.29) is 30.3 Å². The van der Waals surface area contributed by atoms with E-state index in [4.69, 9.17) is 14.2 Å². The van der Waals surface area contributed by atoms with Crippen LogP contribution in [0.3, 0.4) is 0 Å². The first-order chi connectivity index (χ1) is 15.3. The van der Waals surface area contributed by atoms with Crippen molar-refractivity contribution in [2.75, 3.05) is 18.5 Å². The summed E-state index contributed by atoms with van der Waals surface area (Å²) in [6.45, 7) is 3.94. The van der Waals surface area contributed by atoms with Crippen LogP contribution in [0.5, 0.6) is 11.5 Å². The van der Waals surface area contributed by atoms with Crippen molar-refractivity contribution >= 4 is 29.1 Å². The fourth-order valence-electron chi connectivity index (χ4n) is 3.16. The van der Waals surface area contributed by atoms with Gasteiger partial charge in [0.15, 0.2) is 23.4 Å². The number of nitrogens with one attached hydrogen (secondary N) is 1.